The second-order valence-electron chi connectivity index (χ2n) is 7.83. The van der Waals surface area contributed by atoms with Crippen molar-refractivity contribution in [1.29, 1.82) is 0 Å². The highest BCUT2D eigenvalue weighted by molar-refractivity contribution is 7.99. The number of hydrogen-bond acceptors (Lipinski definition) is 7. The Kier molecular flexibility index (Phi) is 6.52. The van der Waals surface area contributed by atoms with Gasteiger partial charge in [0.25, 0.3) is 5.56 Å². The summed E-state index contributed by atoms with van der Waals surface area (Å²) in [6.07, 6.45) is 1.98. The standard InChI is InChI=1S/C24H23N3O3S3/c1-30-16-8-6-15(7-9-16)18-4-2-10-27(18)21(28)14-31-13-20-25-23(29)22-17(12-33-24(22)26-20)19-5-3-11-32-19/h3,5-9,11-12,18H,2,4,10,13-14H2,1H3,(H,25,26,29). The van der Waals surface area contributed by atoms with E-state index in [0.29, 0.717) is 22.7 Å². The highest BCUT2D eigenvalue weighted by Gasteiger charge is 2.29. The number of nitrogens with one attached hydrogen (secondary N) is 1. The third-order valence-corrected chi connectivity index (χ3v) is 8.52. The molecule has 4 heterocycles. The van der Waals surface area contributed by atoms with Crippen molar-refractivity contribution in [2.45, 2.75) is 24.6 Å². The number of carbonyl (C=O) groups excluding carboxylic acids is 1. The molecular formula is C24H23N3O3S3. The summed E-state index contributed by atoms with van der Waals surface area (Å²) in [6.45, 7) is 0.776. The molecule has 1 aliphatic heterocycles. The van der Waals surface area contributed by atoms with Gasteiger partial charge in [0.15, 0.2) is 0 Å². The van der Waals surface area contributed by atoms with Crippen LogP contribution in [0.3, 0.4) is 0 Å². The molecule has 1 unspecified atom stereocenters. The predicted molar refractivity (Wildman–Crippen MR) is 136 cm³/mol. The zero-order valence-corrected chi connectivity index (χ0v) is 20.5. The fraction of sp³-hybridized carbons (Fsp3) is 0.292. The van der Waals surface area contributed by atoms with Crippen LogP contribution >= 0.6 is 34.4 Å². The van der Waals surface area contributed by atoms with E-state index < -0.39 is 0 Å². The van der Waals surface area contributed by atoms with Crippen LogP contribution in [0.5, 0.6) is 5.75 Å². The van der Waals surface area contributed by atoms with Gasteiger partial charge in [-0.25, -0.2) is 4.98 Å². The molecule has 1 aromatic carbocycles. The minimum atomic E-state index is -0.120. The highest BCUT2D eigenvalue weighted by atomic mass is 32.2. The number of H-pyrrole nitrogens is 1. The van der Waals surface area contributed by atoms with Gasteiger partial charge in [-0.3, -0.25) is 9.59 Å². The van der Waals surface area contributed by atoms with Crippen molar-refractivity contribution in [3.05, 3.63) is 68.9 Å². The number of carbonyl (C=O) groups is 1. The van der Waals surface area contributed by atoms with E-state index in [0.717, 1.165) is 46.0 Å². The summed E-state index contributed by atoms with van der Waals surface area (Å²) in [4.78, 5) is 37.0. The summed E-state index contributed by atoms with van der Waals surface area (Å²) in [5.41, 5.74) is 1.96. The predicted octanol–water partition coefficient (Wildman–Crippen LogP) is 5.32. The monoisotopic (exact) mass is 497 g/mol. The molecule has 4 aromatic rings. The first-order valence-electron chi connectivity index (χ1n) is 10.7. The summed E-state index contributed by atoms with van der Waals surface area (Å²) in [5, 5.41) is 4.64. The molecular weight excluding hydrogens is 474 g/mol. The Hall–Kier alpha value is -2.62. The molecule has 3 aromatic heterocycles. The minimum absolute atomic E-state index is 0.111. The first-order chi connectivity index (χ1) is 16.1. The first-order valence-corrected chi connectivity index (χ1v) is 13.6. The van der Waals surface area contributed by atoms with E-state index in [9.17, 15) is 9.59 Å². The molecule has 5 rings (SSSR count). The maximum atomic E-state index is 12.9. The van der Waals surface area contributed by atoms with Crippen LogP contribution in [0.2, 0.25) is 0 Å². The van der Waals surface area contributed by atoms with Crippen LogP contribution in [-0.2, 0) is 10.5 Å². The number of likely N-dealkylation sites (tertiary alicyclic amines) is 1. The first kappa shape index (κ1) is 22.2. The smallest absolute Gasteiger partial charge is 0.260 e. The Morgan fingerprint density at radius 2 is 2.12 bits per heavy atom. The summed E-state index contributed by atoms with van der Waals surface area (Å²) in [6, 6.07) is 12.1. The largest absolute Gasteiger partial charge is 0.497 e. The number of benzene rings is 1. The molecule has 0 aliphatic carbocycles. The Balaban J connectivity index is 1.23. The maximum absolute atomic E-state index is 12.9. The SMILES string of the molecule is COc1ccc(C2CCCN2C(=O)CSCc2nc3scc(-c4cccs4)c3c(=O)[nH]2)cc1. The van der Waals surface area contributed by atoms with E-state index in [1.807, 2.05) is 52.1 Å². The highest BCUT2D eigenvalue weighted by Crippen LogP contribution is 2.35. The molecule has 0 radical (unpaired) electrons. The molecule has 1 N–H and O–H groups in total. The Morgan fingerprint density at radius 1 is 1.27 bits per heavy atom. The molecule has 6 nitrogen and oxygen atoms in total. The number of aromatic amines is 1. The quantitative estimate of drug-likeness (QED) is 0.374. The lowest BCUT2D eigenvalue weighted by atomic mass is 10.0. The van der Waals surface area contributed by atoms with Gasteiger partial charge in [-0.2, -0.15) is 0 Å². The van der Waals surface area contributed by atoms with Gasteiger partial charge in [0.2, 0.25) is 5.91 Å². The van der Waals surface area contributed by atoms with Crippen LogP contribution < -0.4 is 10.3 Å². The van der Waals surface area contributed by atoms with Crippen molar-refractivity contribution in [2.75, 3.05) is 19.4 Å². The number of thioether (sulfide) groups is 1. The molecule has 0 bridgehead atoms. The fourth-order valence-electron chi connectivity index (χ4n) is 4.23. The number of aromatic nitrogens is 2. The van der Waals surface area contributed by atoms with E-state index in [-0.39, 0.29) is 17.5 Å². The number of nitrogens with zero attached hydrogens (tertiary/aromatic N) is 2. The average molecular weight is 498 g/mol. The van der Waals surface area contributed by atoms with E-state index in [4.69, 9.17) is 4.74 Å². The molecule has 1 atom stereocenters. The number of amides is 1. The number of fused-ring (bicyclic) bond motifs is 1. The lowest BCUT2D eigenvalue weighted by Gasteiger charge is -2.25. The summed E-state index contributed by atoms with van der Waals surface area (Å²) in [7, 11) is 1.65. The maximum Gasteiger partial charge on any atom is 0.260 e. The van der Waals surface area contributed by atoms with E-state index in [2.05, 4.69) is 9.97 Å². The van der Waals surface area contributed by atoms with Gasteiger partial charge in [-0.05, 0) is 42.0 Å². The fourth-order valence-corrected chi connectivity index (χ4v) is 6.78. The zero-order valence-electron chi connectivity index (χ0n) is 18.1. The van der Waals surface area contributed by atoms with Crippen LogP contribution in [0.15, 0.2) is 52.0 Å². The average Bonchev–Trinajstić information content (AvgIpc) is 3.59. The van der Waals surface area contributed by atoms with Gasteiger partial charge in [0.05, 0.1) is 30.0 Å². The lowest BCUT2D eigenvalue weighted by Crippen LogP contribution is -2.32. The Bertz CT molecular complexity index is 1310. The molecule has 0 saturated carbocycles. The van der Waals surface area contributed by atoms with E-state index in [1.165, 1.54) is 23.1 Å². The number of methoxy groups -OCH3 is 1. The Labute approximate surface area is 203 Å². The van der Waals surface area contributed by atoms with Crippen LogP contribution in [0, 0.1) is 0 Å². The topological polar surface area (TPSA) is 75.3 Å². The van der Waals surface area contributed by atoms with Crippen molar-refractivity contribution >= 4 is 50.6 Å². The van der Waals surface area contributed by atoms with Crippen LogP contribution in [-0.4, -0.2) is 40.2 Å². The van der Waals surface area contributed by atoms with E-state index in [1.54, 1.807) is 18.4 Å². The van der Waals surface area contributed by atoms with Crippen molar-refractivity contribution in [2.24, 2.45) is 0 Å². The third-order valence-electron chi connectivity index (χ3n) is 5.82. The molecule has 1 amide bonds. The molecule has 1 aliphatic rings. The van der Waals surface area contributed by atoms with Gasteiger partial charge in [0, 0.05) is 22.4 Å². The summed E-state index contributed by atoms with van der Waals surface area (Å²) >= 11 is 4.58. The molecule has 9 heteroatoms. The van der Waals surface area contributed by atoms with Crippen LogP contribution in [0.25, 0.3) is 20.7 Å². The molecule has 1 fully saturated rings. The molecule has 1 saturated heterocycles. The second kappa shape index (κ2) is 9.70. The molecule has 170 valence electrons. The second-order valence-corrected chi connectivity index (χ2v) is 10.6. The van der Waals surface area contributed by atoms with Crippen molar-refractivity contribution in [1.82, 2.24) is 14.9 Å². The molecule has 33 heavy (non-hydrogen) atoms. The van der Waals surface area contributed by atoms with Gasteiger partial charge < -0.3 is 14.6 Å². The zero-order chi connectivity index (χ0) is 22.8. The minimum Gasteiger partial charge on any atom is -0.497 e. The number of ether oxygens (including phenoxy) is 1. The number of hydrogen-bond donors (Lipinski definition) is 1. The number of thiophene rings is 2. The third kappa shape index (κ3) is 4.58. The van der Waals surface area contributed by atoms with Crippen molar-refractivity contribution in [3.8, 4) is 16.2 Å². The van der Waals surface area contributed by atoms with E-state index >= 15 is 0 Å². The number of rotatable bonds is 7. The van der Waals surface area contributed by atoms with Crippen molar-refractivity contribution in [3.63, 3.8) is 0 Å². The van der Waals surface area contributed by atoms with Crippen LogP contribution in [0.4, 0.5) is 0 Å². The van der Waals surface area contributed by atoms with Gasteiger partial charge in [-0.15, -0.1) is 34.4 Å². The van der Waals surface area contributed by atoms with Gasteiger partial charge >= 0.3 is 0 Å². The van der Waals surface area contributed by atoms with Crippen molar-refractivity contribution < 1.29 is 9.53 Å². The van der Waals surface area contributed by atoms with Crippen LogP contribution in [0.1, 0.15) is 30.3 Å². The normalized spacial score (nSPS) is 15.9. The Morgan fingerprint density at radius 3 is 2.88 bits per heavy atom. The van der Waals surface area contributed by atoms with Gasteiger partial charge in [0.1, 0.15) is 16.4 Å². The summed E-state index contributed by atoms with van der Waals surface area (Å²) in [5.74, 6) is 2.40. The molecule has 0 spiro atoms. The lowest BCUT2D eigenvalue weighted by molar-refractivity contribution is -0.129. The van der Waals surface area contributed by atoms with Gasteiger partial charge in [-0.1, -0.05) is 18.2 Å². The summed E-state index contributed by atoms with van der Waals surface area (Å²) < 4.78 is 5.24.